The highest BCUT2D eigenvalue weighted by atomic mass is 19.1. The van der Waals surface area contributed by atoms with Gasteiger partial charge in [0, 0.05) is 38.4 Å². The number of benzene rings is 1. The minimum Gasteiger partial charge on any atom is -0.363 e. The number of hydrogen-bond donors (Lipinski definition) is 3. The number of carbonyl (C=O) groups is 1. The predicted octanol–water partition coefficient (Wildman–Crippen LogP) is 3.37. The van der Waals surface area contributed by atoms with Gasteiger partial charge in [0.15, 0.2) is 0 Å². The standard InChI is InChI=1S/C19H24F2N6O/c1-27(2)17-9-10-22-18(26-17)23-13-4-6-14(7-5-13)24-19(28)25-16-8-3-12(20)11-15(16)21/h3,8-11,13-14H,4-7H2,1-2H3,(H,22,23,26)(H2,24,25,28). The van der Waals surface area contributed by atoms with E-state index in [2.05, 4.69) is 25.9 Å². The lowest BCUT2D eigenvalue weighted by atomic mass is 9.91. The van der Waals surface area contributed by atoms with Crippen LogP contribution in [0.2, 0.25) is 0 Å². The monoisotopic (exact) mass is 390 g/mol. The maximum atomic E-state index is 13.6. The highest BCUT2D eigenvalue weighted by Gasteiger charge is 2.23. The zero-order valence-electron chi connectivity index (χ0n) is 15.9. The third-order valence-electron chi connectivity index (χ3n) is 4.67. The molecule has 0 spiro atoms. The van der Waals surface area contributed by atoms with Crippen molar-refractivity contribution in [3.63, 3.8) is 0 Å². The first kappa shape index (κ1) is 19.8. The molecule has 0 saturated heterocycles. The van der Waals surface area contributed by atoms with Crippen LogP contribution >= 0.6 is 0 Å². The lowest BCUT2D eigenvalue weighted by molar-refractivity contribution is 0.243. The number of anilines is 3. The molecule has 3 N–H and O–H groups in total. The number of nitrogens with one attached hydrogen (secondary N) is 3. The average molecular weight is 390 g/mol. The molecule has 1 aliphatic carbocycles. The number of halogens is 2. The summed E-state index contributed by atoms with van der Waals surface area (Å²) in [5.41, 5.74) is -0.0489. The van der Waals surface area contributed by atoms with Gasteiger partial charge in [0.2, 0.25) is 5.95 Å². The van der Waals surface area contributed by atoms with E-state index >= 15 is 0 Å². The summed E-state index contributed by atoms with van der Waals surface area (Å²) in [5.74, 6) is -0.0675. The first-order valence-corrected chi connectivity index (χ1v) is 9.20. The summed E-state index contributed by atoms with van der Waals surface area (Å²) in [4.78, 5) is 22.7. The van der Waals surface area contributed by atoms with Gasteiger partial charge in [-0.1, -0.05) is 0 Å². The third kappa shape index (κ3) is 5.28. The summed E-state index contributed by atoms with van der Waals surface area (Å²) in [6.45, 7) is 0. The summed E-state index contributed by atoms with van der Waals surface area (Å²) in [5, 5.41) is 8.60. The molecule has 0 unspecified atom stereocenters. The lowest BCUT2D eigenvalue weighted by Gasteiger charge is -2.29. The highest BCUT2D eigenvalue weighted by Crippen LogP contribution is 2.22. The molecule has 9 heteroatoms. The van der Waals surface area contributed by atoms with E-state index in [0.29, 0.717) is 5.95 Å². The molecule has 3 rings (SSSR count). The second-order valence-corrected chi connectivity index (χ2v) is 7.05. The minimum atomic E-state index is -0.803. The Balaban J connectivity index is 1.46. The third-order valence-corrected chi connectivity index (χ3v) is 4.67. The molecule has 1 fully saturated rings. The Bertz CT molecular complexity index is 824. The number of urea groups is 1. The van der Waals surface area contributed by atoms with Crippen LogP contribution < -0.4 is 20.9 Å². The van der Waals surface area contributed by atoms with Gasteiger partial charge in [0.25, 0.3) is 0 Å². The van der Waals surface area contributed by atoms with Gasteiger partial charge in [-0.05, 0) is 43.9 Å². The molecular formula is C19H24F2N6O. The molecule has 0 radical (unpaired) electrons. The Morgan fingerprint density at radius 2 is 1.82 bits per heavy atom. The van der Waals surface area contributed by atoms with Crippen LogP contribution in [0.3, 0.4) is 0 Å². The van der Waals surface area contributed by atoms with E-state index in [1.165, 1.54) is 6.07 Å². The molecule has 0 atom stereocenters. The van der Waals surface area contributed by atoms with Gasteiger partial charge in [-0.25, -0.2) is 18.6 Å². The molecule has 1 heterocycles. The molecule has 28 heavy (non-hydrogen) atoms. The van der Waals surface area contributed by atoms with Crippen molar-refractivity contribution in [2.24, 2.45) is 0 Å². The van der Waals surface area contributed by atoms with Crippen LogP contribution in [0.5, 0.6) is 0 Å². The SMILES string of the molecule is CN(C)c1ccnc(NC2CCC(NC(=O)Nc3ccc(F)cc3F)CC2)n1. The maximum Gasteiger partial charge on any atom is 0.319 e. The first-order chi connectivity index (χ1) is 13.4. The summed E-state index contributed by atoms with van der Waals surface area (Å²) < 4.78 is 26.5. The van der Waals surface area contributed by atoms with Crippen molar-refractivity contribution >= 4 is 23.5 Å². The van der Waals surface area contributed by atoms with Gasteiger partial charge < -0.3 is 20.9 Å². The van der Waals surface area contributed by atoms with E-state index in [9.17, 15) is 13.6 Å². The second-order valence-electron chi connectivity index (χ2n) is 7.05. The van der Waals surface area contributed by atoms with Crippen LogP contribution in [0.1, 0.15) is 25.7 Å². The lowest BCUT2D eigenvalue weighted by Crippen LogP contribution is -2.42. The van der Waals surface area contributed by atoms with E-state index in [0.717, 1.165) is 43.6 Å². The number of rotatable bonds is 5. The minimum absolute atomic E-state index is 0.00409. The number of nitrogens with zero attached hydrogens (tertiary/aromatic N) is 3. The van der Waals surface area contributed by atoms with Gasteiger partial charge in [-0.2, -0.15) is 4.98 Å². The fourth-order valence-corrected chi connectivity index (χ4v) is 3.17. The zero-order valence-corrected chi connectivity index (χ0v) is 15.9. The Hall–Kier alpha value is -2.97. The number of hydrogen-bond acceptors (Lipinski definition) is 5. The molecule has 2 aromatic rings. The van der Waals surface area contributed by atoms with Gasteiger partial charge >= 0.3 is 6.03 Å². The molecular weight excluding hydrogens is 366 g/mol. The van der Waals surface area contributed by atoms with Gasteiger partial charge in [0.1, 0.15) is 17.5 Å². The number of amides is 2. The topological polar surface area (TPSA) is 82.2 Å². The molecule has 0 aliphatic heterocycles. The van der Waals surface area contributed by atoms with Crippen LogP contribution in [0.4, 0.5) is 31.0 Å². The average Bonchev–Trinajstić information content (AvgIpc) is 2.66. The smallest absolute Gasteiger partial charge is 0.319 e. The van der Waals surface area contributed by atoms with Crippen LogP contribution in [0, 0.1) is 11.6 Å². The molecule has 0 bridgehead atoms. The van der Waals surface area contributed by atoms with E-state index in [-0.39, 0.29) is 17.8 Å². The molecule has 1 saturated carbocycles. The van der Waals surface area contributed by atoms with Crippen LogP contribution in [0.15, 0.2) is 30.5 Å². The predicted molar refractivity (Wildman–Crippen MR) is 105 cm³/mol. The largest absolute Gasteiger partial charge is 0.363 e. The van der Waals surface area contributed by atoms with Gasteiger partial charge in [-0.15, -0.1) is 0 Å². The normalized spacial score (nSPS) is 19.0. The Morgan fingerprint density at radius 1 is 1.11 bits per heavy atom. The van der Waals surface area contributed by atoms with Gasteiger partial charge in [-0.3, -0.25) is 0 Å². The maximum absolute atomic E-state index is 13.6. The van der Waals surface area contributed by atoms with E-state index in [1.807, 2.05) is 25.1 Å². The molecule has 7 nitrogen and oxygen atoms in total. The highest BCUT2D eigenvalue weighted by molar-refractivity contribution is 5.89. The Morgan fingerprint density at radius 3 is 2.50 bits per heavy atom. The van der Waals surface area contributed by atoms with Gasteiger partial charge in [0.05, 0.1) is 5.69 Å². The zero-order chi connectivity index (χ0) is 20.1. The fraction of sp³-hybridized carbons (Fsp3) is 0.421. The van der Waals surface area contributed by atoms with Crippen molar-refractivity contribution in [1.29, 1.82) is 0 Å². The van der Waals surface area contributed by atoms with Crippen molar-refractivity contribution in [3.8, 4) is 0 Å². The quantitative estimate of drug-likeness (QED) is 0.729. The Labute approximate surface area is 162 Å². The van der Waals surface area contributed by atoms with E-state index in [1.54, 1.807) is 6.20 Å². The summed E-state index contributed by atoms with van der Waals surface area (Å²) in [7, 11) is 3.84. The van der Waals surface area contributed by atoms with Crippen molar-refractivity contribution in [3.05, 3.63) is 42.1 Å². The molecule has 1 aliphatic rings. The van der Waals surface area contributed by atoms with Crippen molar-refractivity contribution in [2.45, 2.75) is 37.8 Å². The summed E-state index contributed by atoms with van der Waals surface area (Å²) in [6, 6.07) is 4.61. The number of aromatic nitrogens is 2. The van der Waals surface area contributed by atoms with Crippen LogP contribution in [-0.4, -0.2) is 42.2 Å². The first-order valence-electron chi connectivity index (χ1n) is 9.20. The summed E-state index contributed by atoms with van der Waals surface area (Å²) >= 11 is 0. The summed E-state index contributed by atoms with van der Waals surface area (Å²) in [6.07, 6.45) is 4.99. The molecule has 2 amide bonds. The van der Waals surface area contributed by atoms with Crippen LogP contribution in [-0.2, 0) is 0 Å². The molecule has 1 aromatic heterocycles. The molecule has 1 aromatic carbocycles. The van der Waals surface area contributed by atoms with Crippen LogP contribution in [0.25, 0.3) is 0 Å². The molecule has 150 valence electrons. The fourth-order valence-electron chi connectivity index (χ4n) is 3.17. The second kappa shape index (κ2) is 8.81. The van der Waals surface area contributed by atoms with Crippen molar-refractivity contribution in [1.82, 2.24) is 15.3 Å². The van der Waals surface area contributed by atoms with Crippen molar-refractivity contribution in [2.75, 3.05) is 29.6 Å². The van der Waals surface area contributed by atoms with Crippen molar-refractivity contribution < 1.29 is 13.6 Å². The van der Waals surface area contributed by atoms with E-state index in [4.69, 9.17) is 0 Å². The Kier molecular flexibility index (Phi) is 6.23. The number of carbonyl (C=O) groups excluding carboxylic acids is 1. The van der Waals surface area contributed by atoms with E-state index < -0.39 is 17.7 Å².